The summed E-state index contributed by atoms with van der Waals surface area (Å²) < 4.78 is 5.66. The van der Waals surface area contributed by atoms with E-state index in [0.717, 1.165) is 12.1 Å². The summed E-state index contributed by atoms with van der Waals surface area (Å²) >= 11 is 0. The van der Waals surface area contributed by atoms with Crippen LogP contribution in [0.4, 0.5) is 0 Å². The summed E-state index contributed by atoms with van der Waals surface area (Å²) in [5.74, 6) is 0.547. The van der Waals surface area contributed by atoms with E-state index in [1.807, 2.05) is 44.2 Å². The van der Waals surface area contributed by atoms with Crippen molar-refractivity contribution in [3.63, 3.8) is 0 Å². The van der Waals surface area contributed by atoms with E-state index in [1.54, 1.807) is 7.05 Å². The molecule has 144 valence electrons. The Hall–Kier alpha value is -2.74. The van der Waals surface area contributed by atoms with E-state index >= 15 is 0 Å². The maximum atomic E-state index is 12.6. The van der Waals surface area contributed by atoms with Gasteiger partial charge in [0.25, 0.3) is 0 Å². The van der Waals surface area contributed by atoms with Crippen LogP contribution < -0.4 is 5.32 Å². The second kappa shape index (κ2) is 8.30. The topological polar surface area (TPSA) is 91.6 Å². The summed E-state index contributed by atoms with van der Waals surface area (Å²) in [5.41, 5.74) is 0.830. The van der Waals surface area contributed by atoms with Crippen LogP contribution in [0.1, 0.15) is 26.2 Å². The number of carbonyl (C=O) groups is 2. The largest absolute Gasteiger partial charge is 0.419 e. The van der Waals surface area contributed by atoms with Crippen LogP contribution in [0.15, 0.2) is 34.7 Å². The maximum absolute atomic E-state index is 12.6. The molecule has 2 heterocycles. The molecule has 8 heteroatoms. The van der Waals surface area contributed by atoms with Gasteiger partial charge in [-0.1, -0.05) is 18.2 Å². The van der Waals surface area contributed by atoms with Gasteiger partial charge in [0.2, 0.25) is 23.6 Å². The minimum absolute atomic E-state index is 0.0964. The van der Waals surface area contributed by atoms with E-state index in [4.69, 9.17) is 4.42 Å². The van der Waals surface area contributed by atoms with Crippen molar-refractivity contribution in [1.82, 2.24) is 25.3 Å². The maximum Gasteiger partial charge on any atom is 0.247 e. The average Bonchev–Trinajstić information content (AvgIpc) is 3.12. The fraction of sp³-hybridized carbons (Fsp3) is 0.474. The highest BCUT2D eigenvalue weighted by molar-refractivity contribution is 5.88. The fourth-order valence-corrected chi connectivity index (χ4v) is 3.19. The van der Waals surface area contributed by atoms with Crippen molar-refractivity contribution in [2.24, 2.45) is 0 Å². The van der Waals surface area contributed by atoms with Gasteiger partial charge in [-0.25, -0.2) is 0 Å². The fourth-order valence-electron chi connectivity index (χ4n) is 3.19. The van der Waals surface area contributed by atoms with Crippen LogP contribution in [0.3, 0.4) is 0 Å². The van der Waals surface area contributed by atoms with Crippen LogP contribution >= 0.6 is 0 Å². The molecule has 1 atom stereocenters. The van der Waals surface area contributed by atoms with Crippen molar-refractivity contribution in [1.29, 1.82) is 0 Å². The Balaban J connectivity index is 1.62. The molecule has 1 aromatic heterocycles. The first kappa shape index (κ1) is 19.0. The highest BCUT2D eigenvalue weighted by atomic mass is 16.4. The lowest BCUT2D eigenvalue weighted by Gasteiger charge is -2.37. The van der Waals surface area contributed by atoms with Gasteiger partial charge >= 0.3 is 0 Å². The number of hydrogen-bond donors (Lipinski definition) is 1. The Morgan fingerprint density at radius 3 is 2.78 bits per heavy atom. The van der Waals surface area contributed by atoms with Crippen LogP contribution in [0.5, 0.6) is 0 Å². The highest BCUT2D eigenvalue weighted by Crippen LogP contribution is 2.18. The summed E-state index contributed by atoms with van der Waals surface area (Å²) in [5, 5.41) is 10.9. The summed E-state index contributed by atoms with van der Waals surface area (Å²) in [6.45, 7) is 5.62. The van der Waals surface area contributed by atoms with Crippen molar-refractivity contribution in [3.8, 4) is 11.5 Å². The number of nitrogens with one attached hydrogen (secondary N) is 1. The lowest BCUT2D eigenvalue weighted by molar-refractivity contribution is -0.139. The predicted octanol–water partition coefficient (Wildman–Crippen LogP) is 1.29. The van der Waals surface area contributed by atoms with Crippen molar-refractivity contribution < 1.29 is 14.0 Å². The Kier molecular flexibility index (Phi) is 5.85. The van der Waals surface area contributed by atoms with Crippen LogP contribution in [0.25, 0.3) is 11.5 Å². The van der Waals surface area contributed by atoms with E-state index < -0.39 is 6.04 Å². The van der Waals surface area contributed by atoms with Crippen LogP contribution in [0, 0.1) is 0 Å². The molecule has 0 unspecified atom stereocenters. The van der Waals surface area contributed by atoms with Gasteiger partial charge in [-0.05, 0) is 26.0 Å². The van der Waals surface area contributed by atoms with Gasteiger partial charge in [-0.2, -0.15) is 0 Å². The first-order valence-electron chi connectivity index (χ1n) is 9.11. The normalized spacial score (nSPS) is 17.8. The number of piperazine rings is 1. The molecule has 0 bridgehead atoms. The summed E-state index contributed by atoms with van der Waals surface area (Å²) in [7, 11) is 1.68. The van der Waals surface area contributed by atoms with E-state index in [2.05, 4.69) is 20.4 Å². The third-order valence-corrected chi connectivity index (χ3v) is 4.69. The first-order valence-corrected chi connectivity index (χ1v) is 9.11. The van der Waals surface area contributed by atoms with Gasteiger partial charge in [0.1, 0.15) is 0 Å². The molecule has 0 spiro atoms. The van der Waals surface area contributed by atoms with E-state index in [0.29, 0.717) is 18.3 Å². The lowest BCUT2D eigenvalue weighted by atomic mass is 10.1. The zero-order chi connectivity index (χ0) is 19.4. The van der Waals surface area contributed by atoms with Crippen molar-refractivity contribution in [3.05, 3.63) is 36.2 Å². The zero-order valence-corrected chi connectivity index (χ0v) is 15.9. The van der Waals surface area contributed by atoms with Gasteiger partial charge in [-0.15, -0.1) is 10.2 Å². The lowest BCUT2D eigenvalue weighted by Crippen LogP contribution is -2.58. The molecule has 1 aliphatic heterocycles. The molecule has 2 aromatic rings. The molecule has 1 aromatic carbocycles. The second-order valence-corrected chi connectivity index (χ2v) is 6.96. The smallest absolute Gasteiger partial charge is 0.247 e. The van der Waals surface area contributed by atoms with Crippen LogP contribution in [0.2, 0.25) is 0 Å². The minimum atomic E-state index is -0.448. The number of amides is 2. The Morgan fingerprint density at radius 2 is 2.07 bits per heavy atom. The van der Waals surface area contributed by atoms with E-state index in [-0.39, 0.29) is 30.8 Å². The molecule has 2 amide bonds. The highest BCUT2D eigenvalue weighted by Gasteiger charge is 2.33. The molecule has 27 heavy (non-hydrogen) atoms. The number of nitrogens with zero attached hydrogens (tertiary/aromatic N) is 4. The predicted molar refractivity (Wildman–Crippen MR) is 99.5 cm³/mol. The molecular formula is C19H25N5O3. The van der Waals surface area contributed by atoms with Gasteiger partial charge in [0, 0.05) is 31.7 Å². The standard InChI is InChI=1S/C19H25N5O3/c1-13(2)24-10-9-20-18(26)15(24)11-17(25)23(3)12-16-21-22-19(27-16)14-7-5-4-6-8-14/h4-8,13,15H,9-12H2,1-3H3,(H,20,26)/t15-/m0/s1. The number of hydrogen-bond acceptors (Lipinski definition) is 6. The van der Waals surface area contributed by atoms with Crippen molar-refractivity contribution in [2.75, 3.05) is 20.1 Å². The Morgan fingerprint density at radius 1 is 1.33 bits per heavy atom. The molecule has 0 aliphatic carbocycles. The molecule has 1 aliphatic rings. The molecule has 1 N–H and O–H groups in total. The third-order valence-electron chi connectivity index (χ3n) is 4.69. The second-order valence-electron chi connectivity index (χ2n) is 6.96. The molecule has 1 saturated heterocycles. The number of carbonyl (C=O) groups excluding carboxylic acids is 2. The molecule has 1 fully saturated rings. The minimum Gasteiger partial charge on any atom is -0.419 e. The third kappa shape index (κ3) is 4.51. The Bertz CT molecular complexity index is 790. The zero-order valence-electron chi connectivity index (χ0n) is 15.9. The quantitative estimate of drug-likeness (QED) is 0.823. The molecule has 0 radical (unpaired) electrons. The van der Waals surface area contributed by atoms with Crippen LogP contribution in [-0.4, -0.2) is 64.0 Å². The number of benzene rings is 1. The van der Waals surface area contributed by atoms with Crippen LogP contribution in [-0.2, 0) is 16.1 Å². The monoisotopic (exact) mass is 371 g/mol. The van der Waals surface area contributed by atoms with Crippen molar-refractivity contribution >= 4 is 11.8 Å². The SMILES string of the molecule is CC(C)N1CCNC(=O)[C@@H]1CC(=O)N(C)Cc1nnc(-c2ccccc2)o1. The molecule has 8 nitrogen and oxygen atoms in total. The van der Waals surface area contributed by atoms with Gasteiger partial charge in [0.05, 0.1) is 19.0 Å². The summed E-state index contributed by atoms with van der Waals surface area (Å²) in [6.07, 6.45) is 0.125. The summed E-state index contributed by atoms with van der Waals surface area (Å²) in [6, 6.07) is 9.21. The van der Waals surface area contributed by atoms with E-state index in [9.17, 15) is 9.59 Å². The molecule has 0 saturated carbocycles. The first-order chi connectivity index (χ1) is 13.0. The van der Waals surface area contributed by atoms with Gasteiger partial charge in [-0.3, -0.25) is 14.5 Å². The van der Waals surface area contributed by atoms with Crippen molar-refractivity contribution in [2.45, 2.75) is 38.9 Å². The summed E-state index contributed by atoms with van der Waals surface area (Å²) in [4.78, 5) is 28.4. The molecular weight excluding hydrogens is 346 g/mol. The number of rotatable bonds is 6. The average molecular weight is 371 g/mol. The van der Waals surface area contributed by atoms with Gasteiger partial charge < -0.3 is 14.6 Å². The Labute approximate surface area is 158 Å². The number of aromatic nitrogens is 2. The molecule has 3 rings (SSSR count). The van der Waals surface area contributed by atoms with Gasteiger partial charge in [0.15, 0.2) is 0 Å². The van der Waals surface area contributed by atoms with E-state index in [1.165, 1.54) is 4.90 Å².